The van der Waals surface area contributed by atoms with Gasteiger partial charge in [-0.05, 0) is 62.9 Å². The first kappa shape index (κ1) is 30.6. The zero-order valence-electron chi connectivity index (χ0n) is 23.9. The van der Waals surface area contributed by atoms with Gasteiger partial charge in [-0.2, -0.15) is 0 Å². The molecule has 42 heavy (non-hydrogen) atoms. The Labute approximate surface area is 246 Å². The van der Waals surface area contributed by atoms with Crippen LogP contribution >= 0.6 is 11.8 Å². The highest BCUT2D eigenvalue weighted by Crippen LogP contribution is 2.31. The molecule has 0 atom stereocenters. The quantitative estimate of drug-likeness (QED) is 0.205. The van der Waals surface area contributed by atoms with Crippen molar-refractivity contribution in [3.05, 3.63) is 88.2 Å². The Morgan fingerprint density at radius 2 is 1.50 bits per heavy atom. The van der Waals surface area contributed by atoms with Crippen LogP contribution in [0.25, 0.3) is 16.6 Å². The predicted octanol–water partition coefficient (Wildman–Crippen LogP) is 6.51. The van der Waals surface area contributed by atoms with Gasteiger partial charge in [-0.15, -0.1) is 0 Å². The standard InChI is InChI=1S/C31H31F2N3O5S/c1-6-35(21-12-19(32)11-20(33)13-21)30(38)27-18-36(22-14-23(40-7-2)16-24(15-22)41-8-3)28-17-25(42-31(39)34(4)5)9-10-26(28)29(27)37/h9-18H,6-8H2,1-5H3. The van der Waals surface area contributed by atoms with Gasteiger partial charge in [0.1, 0.15) is 28.7 Å². The molecule has 0 aliphatic carbocycles. The number of nitrogens with zero attached hydrogens (tertiary/aromatic N) is 3. The second-order valence-electron chi connectivity index (χ2n) is 9.39. The summed E-state index contributed by atoms with van der Waals surface area (Å²) in [5.74, 6) is -1.40. The number of amides is 2. The highest BCUT2D eigenvalue weighted by Gasteiger charge is 2.24. The lowest BCUT2D eigenvalue weighted by Gasteiger charge is -2.22. The van der Waals surface area contributed by atoms with Gasteiger partial charge in [0.05, 0.1) is 24.4 Å². The van der Waals surface area contributed by atoms with Crippen molar-refractivity contribution in [2.24, 2.45) is 0 Å². The Kier molecular flexibility index (Phi) is 9.52. The SMILES string of the molecule is CCOc1cc(OCC)cc(-n2cc(C(=O)N(CC)c3cc(F)cc(F)c3)c(=O)c3ccc(SC(=O)N(C)C)cc32)c1. The van der Waals surface area contributed by atoms with Crippen LogP contribution in [-0.2, 0) is 0 Å². The topological polar surface area (TPSA) is 81.1 Å². The Balaban J connectivity index is 1.98. The molecule has 0 N–H and O–H groups in total. The molecule has 11 heteroatoms. The molecule has 0 aliphatic heterocycles. The van der Waals surface area contributed by atoms with Gasteiger partial charge in [-0.25, -0.2) is 8.78 Å². The number of hydrogen-bond acceptors (Lipinski definition) is 6. The smallest absolute Gasteiger partial charge is 0.285 e. The van der Waals surface area contributed by atoms with Crippen LogP contribution in [0.2, 0.25) is 0 Å². The number of rotatable bonds is 9. The molecule has 0 unspecified atom stereocenters. The normalized spacial score (nSPS) is 10.9. The van der Waals surface area contributed by atoms with Crippen LogP contribution in [0, 0.1) is 11.6 Å². The summed E-state index contributed by atoms with van der Waals surface area (Å²) in [7, 11) is 3.28. The number of thioether (sulfide) groups is 1. The van der Waals surface area contributed by atoms with Gasteiger partial charge in [0.2, 0.25) is 5.43 Å². The van der Waals surface area contributed by atoms with E-state index in [1.54, 1.807) is 62.0 Å². The molecule has 0 saturated carbocycles. The zero-order valence-corrected chi connectivity index (χ0v) is 24.8. The summed E-state index contributed by atoms with van der Waals surface area (Å²) in [4.78, 5) is 43.2. The number of anilines is 1. The Morgan fingerprint density at radius 1 is 0.881 bits per heavy atom. The second-order valence-corrected chi connectivity index (χ2v) is 10.4. The molecule has 0 fully saturated rings. The number of hydrogen-bond donors (Lipinski definition) is 0. The van der Waals surface area contributed by atoms with E-state index in [2.05, 4.69) is 0 Å². The summed E-state index contributed by atoms with van der Waals surface area (Å²) in [6.45, 7) is 6.18. The molecule has 0 saturated heterocycles. The van der Waals surface area contributed by atoms with Crippen LogP contribution in [0.3, 0.4) is 0 Å². The molecule has 4 rings (SSSR count). The van der Waals surface area contributed by atoms with Crippen molar-refractivity contribution in [1.29, 1.82) is 0 Å². The molecule has 2 amide bonds. The molecule has 3 aromatic carbocycles. The number of fused-ring (bicyclic) bond motifs is 1. The molecular formula is C31H31F2N3O5S. The van der Waals surface area contributed by atoms with E-state index in [0.29, 0.717) is 46.9 Å². The molecule has 220 valence electrons. The molecular weight excluding hydrogens is 564 g/mol. The minimum Gasteiger partial charge on any atom is -0.494 e. The van der Waals surface area contributed by atoms with Gasteiger partial charge < -0.3 is 23.8 Å². The van der Waals surface area contributed by atoms with Gasteiger partial charge in [0, 0.05) is 67.1 Å². The molecule has 4 aromatic rings. The molecule has 0 bridgehead atoms. The molecule has 0 radical (unpaired) electrons. The van der Waals surface area contributed by atoms with E-state index in [1.165, 1.54) is 11.1 Å². The zero-order chi connectivity index (χ0) is 30.6. The van der Waals surface area contributed by atoms with Crippen molar-refractivity contribution in [1.82, 2.24) is 9.47 Å². The number of aromatic nitrogens is 1. The maximum atomic E-state index is 14.0. The van der Waals surface area contributed by atoms with E-state index < -0.39 is 23.0 Å². The van der Waals surface area contributed by atoms with Crippen LogP contribution in [0.5, 0.6) is 11.5 Å². The maximum Gasteiger partial charge on any atom is 0.285 e. The van der Waals surface area contributed by atoms with Crippen molar-refractivity contribution in [3.63, 3.8) is 0 Å². The van der Waals surface area contributed by atoms with Crippen molar-refractivity contribution in [2.75, 3.05) is 38.8 Å². The number of pyridine rings is 1. The largest absolute Gasteiger partial charge is 0.494 e. The van der Waals surface area contributed by atoms with Crippen molar-refractivity contribution in [2.45, 2.75) is 25.7 Å². The van der Waals surface area contributed by atoms with E-state index in [4.69, 9.17) is 9.47 Å². The molecule has 0 spiro atoms. The Bertz CT molecular complexity index is 1660. The first-order valence-electron chi connectivity index (χ1n) is 13.3. The average molecular weight is 596 g/mol. The fourth-order valence-electron chi connectivity index (χ4n) is 4.41. The summed E-state index contributed by atoms with van der Waals surface area (Å²) in [5, 5.41) is 0.0108. The van der Waals surface area contributed by atoms with Gasteiger partial charge in [-0.3, -0.25) is 14.4 Å². The summed E-state index contributed by atoms with van der Waals surface area (Å²) in [6, 6.07) is 12.9. The fourth-order valence-corrected chi connectivity index (χ4v) is 5.10. The van der Waals surface area contributed by atoms with Crippen LogP contribution in [0.4, 0.5) is 19.3 Å². The molecule has 1 aromatic heterocycles. The second kappa shape index (κ2) is 13.1. The van der Waals surface area contributed by atoms with Crippen LogP contribution in [0.15, 0.2) is 70.5 Å². The van der Waals surface area contributed by atoms with Crippen LogP contribution < -0.4 is 19.8 Å². The van der Waals surface area contributed by atoms with E-state index >= 15 is 0 Å². The molecule has 0 aliphatic rings. The number of halogens is 2. The van der Waals surface area contributed by atoms with E-state index in [0.717, 1.165) is 28.8 Å². The summed E-state index contributed by atoms with van der Waals surface area (Å²) in [6.07, 6.45) is 1.40. The molecule has 8 nitrogen and oxygen atoms in total. The van der Waals surface area contributed by atoms with E-state index in [-0.39, 0.29) is 28.4 Å². The van der Waals surface area contributed by atoms with Gasteiger partial charge in [-0.1, -0.05) is 0 Å². The van der Waals surface area contributed by atoms with Crippen molar-refractivity contribution in [3.8, 4) is 17.2 Å². The Morgan fingerprint density at radius 3 is 2.05 bits per heavy atom. The monoisotopic (exact) mass is 595 g/mol. The fraction of sp³-hybridized carbons (Fsp3) is 0.258. The number of carbonyl (C=O) groups is 2. The van der Waals surface area contributed by atoms with Gasteiger partial charge in [0.15, 0.2) is 0 Å². The lowest BCUT2D eigenvalue weighted by atomic mass is 10.1. The highest BCUT2D eigenvalue weighted by molar-refractivity contribution is 8.13. The van der Waals surface area contributed by atoms with Crippen molar-refractivity contribution >= 4 is 39.5 Å². The third kappa shape index (κ3) is 6.57. The van der Waals surface area contributed by atoms with E-state index in [1.807, 2.05) is 13.8 Å². The number of carbonyl (C=O) groups excluding carboxylic acids is 2. The minimum absolute atomic E-state index is 0.0167. The third-order valence-corrected chi connectivity index (χ3v) is 7.29. The lowest BCUT2D eigenvalue weighted by molar-refractivity contribution is 0.0987. The minimum atomic E-state index is -0.847. The van der Waals surface area contributed by atoms with Crippen LogP contribution in [-0.4, -0.2) is 54.5 Å². The Hall–Kier alpha value is -4.38. The summed E-state index contributed by atoms with van der Waals surface area (Å²) in [5.41, 5.74) is 0.173. The van der Waals surface area contributed by atoms with Gasteiger partial charge in [0.25, 0.3) is 11.1 Å². The summed E-state index contributed by atoms with van der Waals surface area (Å²) < 4.78 is 41.2. The first-order valence-corrected chi connectivity index (χ1v) is 14.1. The average Bonchev–Trinajstić information content (AvgIpc) is 2.93. The number of ether oxygens (including phenoxy) is 2. The maximum absolute atomic E-state index is 14.0. The number of benzene rings is 3. The first-order chi connectivity index (χ1) is 20.1. The van der Waals surface area contributed by atoms with Crippen molar-refractivity contribution < 1.29 is 27.8 Å². The lowest BCUT2D eigenvalue weighted by Crippen LogP contribution is -2.35. The van der Waals surface area contributed by atoms with E-state index in [9.17, 15) is 23.2 Å². The molecule has 1 heterocycles. The summed E-state index contributed by atoms with van der Waals surface area (Å²) >= 11 is 0.994. The van der Waals surface area contributed by atoms with Crippen LogP contribution in [0.1, 0.15) is 31.1 Å². The predicted molar refractivity (Wildman–Crippen MR) is 161 cm³/mol. The highest BCUT2D eigenvalue weighted by atomic mass is 32.2. The third-order valence-electron chi connectivity index (χ3n) is 6.26. The van der Waals surface area contributed by atoms with Gasteiger partial charge >= 0.3 is 0 Å².